The molecule has 4 rings (SSSR count). The maximum Gasteiger partial charge on any atom is 0.269 e. The maximum atomic E-state index is 12.6. The lowest BCUT2D eigenvalue weighted by Crippen LogP contribution is -2.13. The van der Waals surface area contributed by atoms with Crippen molar-refractivity contribution in [3.8, 4) is 10.6 Å². The predicted octanol–water partition coefficient (Wildman–Crippen LogP) is 5.26. The largest absolute Gasteiger partial charge is 0.313 e. The highest BCUT2D eigenvalue weighted by Crippen LogP contribution is 2.31. The SMILES string of the molecule is Cn1c(NC(=O)c2cnc(-c3ccccc3Cl)s2)nc2cc(Cl)ccc21. The molecule has 0 radical (unpaired) electrons. The molecule has 1 N–H and O–H groups in total. The number of thiazole rings is 1. The minimum atomic E-state index is -0.273. The second-order valence-corrected chi connectivity index (χ2v) is 7.47. The van der Waals surface area contributed by atoms with Crippen LogP contribution in [0.3, 0.4) is 0 Å². The number of hydrogen-bond acceptors (Lipinski definition) is 4. The molecule has 26 heavy (non-hydrogen) atoms. The summed E-state index contributed by atoms with van der Waals surface area (Å²) >= 11 is 13.5. The first kappa shape index (κ1) is 17.0. The molecule has 0 fully saturated rings. The van der Waals surface area contributed by atoms with Crippen LogP contribution in [0, 0.1) is 0 Å². The third kappa shape index (κ3) is 3.07. The van der Waals surface area contributed by atoms with Gasteiger partial charge in [0, 0.05) is 17.6 Å². The number of imidazole rings is 1. The molecule has 0 saturated heterocycles. The number of carbonyl (C=O) groups excluding carboxylic acids is 1. The number of aromatic nitrogens is 3. The Morgan fingerprint density at radius 1 is 1.19 bits per heavy atom. The van der Waals surface area contributed by atoms with Crippen molar-refractivity contribution < 1.29 is 4.79 Å². The monoisotopic (exact) mass is 402 g/mol. The summed E-state index contributed by atoms with van der Waals surface area (Å²) in [5.74, 6) is 0.172. The van der Waals surface area contributed by atoms with Crippen LogP contribution < -0.4 is 5.32 Å². The van der Waals surface area contributed by atoms with Crippen LogP contribution in [0.2, 0.25) is 10.0 Å². The van der Waals surface area contributed by atoms with Crippen LogP contribution in [0.5, 0.6) is 0 Å². The van der Waals surface area contributed by atoms with Crippen LogP contribution in [0.1, 0.15) is 9.67 Å². The average molecular weight is 403 g/mol. The number of nitrogens with zero attached hydrogens (tertiary/aromatic N) is 3. The Balaban J connectivity index is 1.62. The zero-order valence-corrected chi connectivity index (χ0v) is 15.9. The van der Waals surface area contributed by atoms with Gasteiger partial charge in [-0.05, 0) is 24.3 Å². The molecular weight excluding hydrogens is 391 g/mol. The number of halogens is 2. The fraction of sp³-hybridized carbons (Fsp3) is 0.0556. The minimum Gasteiger partial charge on any atom is -0.313 e. The van der Waals surface area contributed by atoms with Crippen molar-refractivity contribution in [2.45, 2.75) is 0 Å². The standard InChI is InChI=1S/C18H12Cl2N4OS/c1-24-14-7-6-10(19)8-13(14)22-18(24)23-16(25)15-9-21-17(26-15)11-4-2-3-5-12(11)20/h2-9H,1H3,(H,22,23,25). The van der Waals surface area contributed by atoms with Gasteiger partial charge < -0.3 is 4.57 Å². The first-order valence-electron chi connectivity index (χ1n) is 7.67. The zero-order valence-electron chi connectivity index (χ0n) is 13.5. The van der Waals surface area contributed by atoms with E-state index in [-0.39, 0.29) is 5.91 Å². The smallest absolute Gasteiger partial charge is 0.269 e. The summed E-state index contributed by atoms with van der Waals surface area (Å²) in [6, 6.07) is 12.8. The highest BCUT2D eigenvalue weighted by atomic mass is 35.5. The topological polar surface area (TPSA) is 59.8 Å². The number of amides is 1. The molecule has 0 spiro atoms. The van der Waals surface area contributed by atoms with Crippen molar-refractivity contribution in [1.82, 2.24) is 14.5 Å². The second kappa shape index (κ2) is 6.72. The number of aryl methyl sites for hydroxylation is 1. The predicted molar refractivity (Wildman–Crippen MR) is 106 cm³/mol. The van der Waals surface area contributed by atoms with E-state index in [0.717, 1.165) is 16.6 Å². The van der Waals surface area contributed by atoms with Gasteiger partial charge >= 0.3 is 0 Å². The molecule has 2 aromatic heterocycles. The number of benzene rings is 2. The Hall–Kier alpha value is -2.41. The average Bonchev–Trinajstić information content (AvgIpc) is 3.21. The number of anilines is 1. The van der Waals surface area contributed by atoms with E-state index in [4.69, 9.17) is 23.2 Å². The highest BCUT2D eigenvalue weighted by molar-refractivity contribution is 7.17. The number of rotatable bonds is 3. The Morgan fingerprint density at radius 3 is 2.81 bits per heavy atom. The summed E-state index contributed by atoms with van der Waals surface area (Å²) in [5.41, 5.74) is 2.40. The molecule has 0 aliphatic heterocycles. The van der Waals surface area contributed by atoms with Crippen LogP contribution in [0.4, 0.5) is 5.95 Å². The first-order valence-corrected chi connectivity index (χ1v) is 9.24. The molecule has 4 aromatic rings. The van der Waals surface area contributed by atoms with Gasteiger partial charge in [0.25, 0.3) is 5.91 Å². The van der Waals surface area contributed by atoms with Gasteiger partial charge in [0.15, 0.2) is 0 Å². The zero-order chi connectivity index (χ0) is 18.3. The third-order valence-corrected chi connectivity index (χ3v) is 5.50. The molecule has 0 unspecified atom stereocenters. The van der Waals surface area contributed by atoms with Gasteiger partial charge in [-0.2, -0.15) is 0 Å². The van der Waals surface area contributed by atoms with Gasteiger partial charge in [0.1, 0.15) is 9.88 Å². The minimum absolute atomic E-state index is 0.273. The van der Waals surface area contributed by atoms with E-state index in [2.05, 4.69) is 15.3 Å². The van der Waals surface area contributed by atoms with Crippen molar-refractivity contribution in [2.75, 3.05) is 5.32 Å². The molecular formula is C18H12Cl2N4OS. The van der Waals surface area contributed by atoms with E-state index in [0.29, 0.717) is 25.9 Å². The molecule has 5 nitrogen and oxygen atoms in total. The lowest BCUT2D eigenvalue weighted by atomic mass is 10.2. The third-order valence-electron chi connectivity index (χ3n) is 3.90. The summed E-state index contributed by atoms with van der Waals surface area (Å²) in [7, 11) is 1.83. The summed E-state index contributed by atoms with van der Waals surface area (Å²) in [5, 5.41) is 4.71. The number of hydrogen-bond donors (Lipinski definition) is 1. The normalized spacial score (nSPS) is 11.0. The number of fused-ring (bicyclic) bond motifs is 1. The number of nitrogens with one attached hydrogen (secondary N) is 1. The van der Waals surface area contributed by atoms with Crippen molar-refractivity contribution in [3.63, 3.8) is 0 Å². The summed E-state index contributed by atoms with van der Waals surface area (Å²) in [6.07, 6.45) is 1.54. The van der Waals surface area contributed by atoms with Crippen LogP contribution in [-0.2, 0) is 7.05 Å². The molecule has 2 aromatic carbocycles. The van der Waals surface area contributed by atoms with Crippen LogP contribution in [-0.4, -0.2) is 20.4 Å². The quantitative estimate of drug-likeness (QED) is 0.508. The van der Waals surface area contributed by atoms with E-state index in [1.165, 1.54) is 17.5 Å². The Kier molecular flexibility index (Phi) is 4.40. The molecule has 1 amide bonds. The molecule has 0 atom stereocenters. The van der Waals surface area contributed by atoms with E-state index >= 15 is 0 Å². The fourth-order valence-corrected chi connectivity index (χ4v) is 3.88. The molecule has 130 valence electrons. The second-order valence-electron chi connectivity index (χ2n) is 5.59. The van der Waals surface area contributed by atoms with Gasteiger partial charge in [-0.1, -0.05) is 41.4 Å². The van der Waals surface area contributed by atoms with Crippen molar-refractivity contribution in [1.29, 1.82) is 0 Å². The lowest BCUT2D eigenvalue weighted by molar-refractivity contribution is 0.102. The first-order chi connectivity index (χ1) is 12.5. The fourth-order valence-electron chi connectivity index (χ4n) is 2.59. The lowest BCUT2D eigenvalue weighted by Gasteiger charge is -2.03. The van der Waals surface area contributed by atoms with E-state index in [9.17, 15) is 4.79 Å². The summed E-state index contributed by atoms with van der Waals surface area (Å²) < 4.78 is 1.81. The Labute approximate surface area is 163 Å². The molecule has 8 heteroatoms. The van der Waals surface area contributed by atoms with Gasteiger partial charge in [0.2, 0.25) is 5.95 Å². The number of carbonyl (C=O) groups is 1. The van der Waals surface area contributed by atoms with Crippen molar-refractivity contribution in [3.05, 3.63) is 63.6 Å². The van der Waals surface area contributed by atoms with Crippen molar-refractivity contribution in [2.24, 2.45) is 7.05 Å². The van der Waals surface area contributed by atoms with Gasteiger partial charge in [-0.3, -0.25) is 10.1 Å². The van der Waals surface area contributed by atoms with E-state index in [1.54, 1.807) is 22.8 Å². The molecule has 0 aliphatic carbocycles. The van der Waals surface area contributed by atoms with Gasteiger partial charge in [0.05, 0.1) is 22.3 Å². The van der Waals surface area contributed by atoms with Crippen LogP contribution in [0.25, 0.3) is 21.6 Å². The van der Waals surface area contributed by atoms with Gasteiger partial charge in [-0.25, -0.2) is 9.97 Å². The van der Waals surface area contributed by atoms with Crippen molar-refractivity contribution >= 4 is 57.4 Å². The van der Waals surface area contributed by atoms with Crippen LogP contribution >= 0.6 is 34.5 Å². The Bertz CT molecular complexity index is 1140. The molecule has 2 heterocycles. The summed E-state index contributed by atoms with van der Waals surface area (Å²) in [4.78, 5) is 21.8. The Morgan fingerprint density at radius 2 is 2.00 bits per heavy atom. The highest BCUT2D eigenvalue weighted by Gasteiger charge is 2.16. The molecule has 0 aliphatic rings. The van der Waals surface area contributed by atoms with Crippen LogP contribution in [0.15, 0.2) is 48.7 Å². The molecule has 0 saturated carbocycles. The van der Waals surface area contributed by atoms with E-state index < -0.39 is 0 Å². The maximum absolute atomic E-state index is 12.6. The van der Waals surface area contributed by atoms with E-state index in [1.807, 2.05) is 31.3 Å². The van der Waals surface area contributed by atoms with Gasteiger partial charge in [-0.15, -0.1) is 11.3 Å². The summed E-state index contributed by atoms with van der Waals surface area (Å²) in [6.45, 7) is 0. The molecule has 0 bridgehead atoms.